The largest absolute Gasteiger partial charge is 0.544 e. The molecule has 0 heterocycles. The van der Waals surface area contributed by atoms with Gasteiger partial charge in [0, 0.05) is 4.47 Å². The Morgan fingerprint density at radius 3 is 2.25 bits per heavy atom. The van der Waals surface area contributed by atoms with Gasteiger partial charge in [-0.3, -0.25) is 0 Å². The lowest BCUT2D eigenvalue weighted by atomic mass is 10.3. The van der Waals surface area contributed by atoms with Crippen molar-refractivity contribution >= 4 is 34.3 Å². The Labute approximate surface area is 105 Å². The first-order valence-corrected chi connectivity index (χ1v) is 10.4. The Morgan fingerprint density at radius 2 is 1.81 bits per heavy atom. The summed E-state index contributed by atoms with van der Waals surface area (Å²) < 4.78 is 28.8. The first-order chi connectivity index (χ1) is 7.08. The monoisotopic (exact) mass is 323 g/mol. The van der Waals surface area contributed by atoms with Crippen LogP contribution in [0, 0.1) is 0 Å². The van der Waals surface area contributed by atoms with Crippen molar-refractivity contribution in [1.29, 1.82) is 0 Å². The highest BCUT2D eigenvalue weighted by Crippen LogP contribution is 2.25. The third-order valence-electron chi connectivity index (χ3n) is 1.60. The normalized spacial score (nSPS) is 12.6. The Morgan fingerprint density at radius 1 is 1.25 bits per heavy atom. The minimum absolute atomic E-state index is 0.0510. The SMILES string of the molecule is C[Si](C)(C)Oc1cc(Br)cc(S(N)(=O)=O)c1. The van der Waals surface area contributed by atoms with Gasteiger partial charge in [-0.25, -0.2) is 13.6 Å². The van der Waals surface area contributed by atoms with Crippen molar-refractivity contribution in [2.75, 3.05) is 0 Å². The molecule has 0 unspecified atom stereocenters. The lowest BCUT2D eigenvalue weighted by Gasteiger charge is -2.19. The first kappa shape index (κ1) is 13.7. The van der Waals surface area contributed by atoms with Crippen LogP contribution in [0.15, 0.2) is 27.6 Å². The Kier molecular flexibility index (Phi) is 3.83. The molecule has 1 aromatic carbocycles. The van der Waals surface area contributed by atoms with Crippen LogP contribution in [0.5, 0.6) is 5.75 Å². The molecule has 1 rings (SSSR count). The van der Waals surface area contributed by atoms with Gasteiger partial charge in [-0.1, -0.05) is 15.9 Å². The molecule has 0 bridgehead atoms. The highest BCUT2D eigenvalue weighted by Gasteiger charge is 2.18. The molecule has 1 aromatic rings. The number of halogens is 1. The Balaban J connectivity index is 3.19. The summed E-state index contributed by atoms with van der Waals surface area (Å²) in [5.41, 5.74) is 0. The van der Waals surface area contributed by atoms with Crippen LogP contribution in [0.4, 0.5) is 0 Å². The maximum atomic E-state index is 11.2. The molecule has 0 spiro atoms. The number of primary sulfonamides is 1. The standard InChI is InChI=1S/C9H14BrNO3SSi/c1-16(2,3)14-8-4-7(10)5-9(6-8)15(11,12)13/h4-6H,1-3H3,(H2,11,12,13). The van der Waals surface area contributed by atoms with Gasteiger partial charge in [-0.15, -0.1) is 0 Å². The molecule has 0 fully saturated rings. The second-order valence-corrected chi connectivity index (χ2v) is 11.3. The van der Waals surface area contributed by atoms with E-state index >= 15 is 0 Å². The molecule has 0 aromatic heterocycles. The molecule has 0 amide bonds. The lowest BCUT2D eigenvalue weighted by molar-refractivity contribution is 0.553. The van der Waals surface area contributed by atoms with Crippen LogP contribution in [0.25, 0.3) is 0 Å². The lowest BCUT2D eigenvalue weighted by Crippen LogP contribution is -2.29. The molecule has 16 heavy (non-hydrogen) atoms. The average Bonchev–Trinajstić information content (AvgIpc) is 1.97. The highest BCUT2D eigenvalue weighted by atomic mass is 79.9. The maximum absolute atomic E-state index is 11.2. The van der Waals surface area contributed by atoms with Gasteiger partial charge in [0.1, 0.15) is 5.75 Å². The van der Waals surface area contributed by atoms with Crippen molar-refractivity contribution in [2.24, 2.45) is 5.14 Å². The van der Waals surface area contributed by atoms with E-state index < -0.39 is 18.3 Å². The van der Waals surface area contributed by atoms with E-state index in [1.165, 1.54) is 12.1 Å². The quantitative estimate of drug-likeness (QED) is 0.868. The van der Waals surface area contributed by atoms with Gasteiger partial charge < -0.3 is 4.43 Å². The molecular formula is C9H14BrNO3SSi. The molecule has 0 saturated heterocycles. The van der Waals surface area contributed by atoms with E-state index in [4.69, 9.17) is 9.56 Å². The topological polar surface area (TPSA) is 69.4 Å². The maximum Gasteiger partial charge on any atom is 0.242 e. The number of hydrogen-bond acceptors (Lipinski definition) is 3. The number of nitrogens with two attached hydrogens (primary N) is 1. The molecule has 0 aliphatic carbocycles. The molecule has 90 valence electrons. The molecule has 0 aliphatic rings. The van der Waals surface area contributed by atoms with E-state index in [1.807, 2.05) is 19.6 Å². The van der Waals surface area contributed by atoms with Crippen molar-refractivity contribution < 1.29 is 12.8 Å². The second-order valence-electron chi connectivity index (χ2n) is 4.38. The highest BCUT2D eigenvalue weighted by molar-refractivity contribution is 9.10. The molecule has 7 heteroatoms. The van der Waals surface area contributed by atoms with Gasteiger partial charge in [-0.05, 0) is 37.8 Å². The van der Waals surface area contributed by atoms with Crippen LogP contribution >= 0.6 is 15.9 Å². The summed E-state index contributed by atoms with van der Waals surface area (Å²) in [4.78, 5) is 0.0510. The minimum atomic E-state index is -3.70. The third kappa shape index (κ3) is 4.24. The minimum Gasteiger partial charge on any atom is -0.544 e. The van der Waals surface area contributed by atoms with Crippen LogP contribution in [0.1, 0.15) is 0 Å². The number of benzene rings is 1. The van der Waals surface area contributed by atoms with Gasteiger partial charge in [0.15, 0.2) is 0 Å². The molecule has 0 aliphatic heterocycles. The second kappa shape index (κ2) is 4.48. The van der Waals surface area contributed by atoms with E-state index in [-0.39, 0.29) is 4.90 Å². The summed E-state index contributed by atoms with van der Waals surface area (Å²) in [6.07, 6.45) is 0. The molecule has 2 N–H and O–H groups in total. The number of sulfonamides is 1. The van der Waals surface area contributed by atoms with Crippen molar-refractivity contribution in [2.45, 2.75) is 24.5 Å². The predicted molar refractivity (Wildman–Crippen MR) is 69.5 cm³/mol. The van der Waals surface area contributed by atoms with Crippen LogP contribution in [0.3, 0.4) is 0 Å². The summed E-state index contributed by atoms with van der Waals surface area (Å²) >= 11 is 3.23. The van der Waals surface area contributed by atoms with Crippen LogP contribution in [0.2, 0.25) is 19.6 Å². The fourth-order valence-electron chi connectivity index (χ4n) is 1.11. The van der Waals surface area contributed by atoms with Crippen molar-refractivity contribution in [1.82, 2.24) is 0 Å². The fraction of sp³-hybridized carbons (Fsp3) is 0.333. The zero-order chi connectivity index (χ0) is 12.6. The first-order valence-electron chi connectivity index (χ1n) is 4.60. The molecule has 0 atom stereocenters. The van der Waals surface area contributed by atoms with Crippen LogP contribution < -0.4 is 9.56 Å². The molecular weight excluding hydrogens is 310 g/mol. The number of hydrogen-bond donors (Lipinski definition) is 1. The van der Waals surface area contributed by atoms with Crippen molar-refractivity contribution in [3.63, 3.8) is 0 Å². The summed E-state index contributed by atoms with van der Waals surface area (Å²) in [7, 11) is -5.46. The van der Waals surface area contributed by atoms with Crippen molar-refractivity contribution in [3.05, 3.63) is 22.7 Å². The zero-order valence-electron chi connectivity index (χ0n) is 9.32. The van der Waals surface area contributed by atoms with Crippen molar-refractivity contribution in [3.8, 4) is 5.75 Å². The third-order valence-corrected chi connectivity index (χ3v) is 3.80. The summed E-state index contributed by atoms with van der Waals surface area (Å²) in [5.74, 6) is 0.526. The average molecular weight is 324 g/mol. The zero-order valence-corrected chi connectivity index (χ0v) is 12.7. The van der Waals surface area contributed by atoms with Gasteiger partial charge in [0.25, 0.3) is 0 Å². The van der Waals surface area contributed by atoms with Gasteiger partial charge in [0.2, 0.25) is 18.3 Å². The smallest absolute Gasteiger partial charge is 0.242 e. The summed E-state index contributed by atoms with van der Waals surface area (Å²) in [5, 5.41) is 5.07. The van der Waals surface area contributed by atoms with E-state index in [1.54, 1.807) is 6.07 Å². The fourth-order valence-corrected chi connectivity index (χ4v) is 3.13. The summed E-state index contributed by atoms with van der Waals surface area (Å²) in [6.45, 7) is 6.06. The van der Waals surface area contributed by atoms with Gasteiger partial charge in [-0.2, -0.15) is 0 Å². The van der Waals surface area contributed by atoms with E-state index in [0.717, 1.165) is 0 Å². The van der Waals surface area contributed by atoms with Gasteiger partial charge >= 0.3 is 0 Å². The molecule has 0 radical (unpaired) electrons. The van der Waals surface area contributed by atoms with Crippen LogP contribution in [-0.4, -0.2) is 16.7 Å². The van der Waals surface area contributed by atoms with Gasteiger partial charge in [0.05, 0.1) is 4.90 Å². The summed E-state index contributed by atoms with van der Waals surface area (Å²) in [6, 6.07) is 4.62. The number of rotatable bonds is 3. The predicted octanol–water partition coefficient (Wildman–Crippen LogP) is 2.31. The Hall–Kier alpha value is -0.373. The molecule has 0 saturated carbocycles. The van der Waals surface area contributed by atoms with E-state index in [2.05, 4.69) is 15.9 Å². The van der Waals surface area contributed by atoms with E-state index in [0.29, 0.717) is 10.2 Å². The van der Waals surface area contributed by atoms with Crippen LogP contribution in [-0.2, 0) is 10.0 Å². The van der Waals surface area contributed by atoms with E-state index in [9.17, 15) is 8.42 Å². The molecule has 4 nitrogen and oxygen atoms in total. The Bertz CT molecular complexity index is 496.